The number of rotatable bonds is 4. The summed E-state index contributed by atoms with van der Waals surface area (Å²) in [6, 6.07) is 9.29. The highest BCUT2D eigenvalue weighted by Crippen LogP contribution is 2.20. The fraction of sp³-hybridized carbons (Fsp3) is 0.222. The molecule has 1 amide bonds. The molecule has 1 aliphatic rings. The molecule has 9 heteroatoms. The maximum absolute atomic E-state index is 13.8. The van der Waals surface area contributed by atoms with Crippen LogP contribution in [-0.4, -0.2) is 38.7 Å². The Hall–Kier alpha value is -2.45. The van der Waals surface area contributed by atoms with E-state index >= 15 is 0 Å². The number of anilines is 1. The summed E-state index contributed by atoms with van der Waals surface area (Å²) in [4.78, 5) is 14.0. The number of amides is 1. The number of hydrogen-bond acceptors (Lipinski definition) is 3. The van der Waals surface area contributed by atoms with Gasteiger partial charge in [0.25, 0.3) is 15.9 Å². The lowest BCUT2D eigenvalue weighted by Crippen LogP contribution is -2.20. The van der Waals surface area contributed by atoms with Crippen molar-refractivity contribution in [3.63, 3.8) is 0 Å². The molecule has 0 radical (unpaired) electrons. The fourth-order valence-electron chi connectivity index (χ4n) is 2.68. The van der Waals surface area contributed by atoms with E-state index < -0.39 is 21.7 Å². The van der Waals surface area contributed by atoms with Gasteiger partial charge in [0.1, 0.15) is 11.7 Å². The van der Waals surface area contributed by atoms with Gasteiger partial charge >= 0.3 is 0 Å². The molecule has 1 fully saturated rings. The van der Waals surface area contributed by atoms with Crippen molar-refractivity contribution in [3.05, 3.63) is 58.9 Å². The fourth-order valence-corrected chi connectivity index (χ4v) is 3.94. The first-order valence-corrected chi connectivity index (χ1v) is 9.99. The van der Waals surface area contributed by atoms with Crippen LogP contribution in [0, 0.1) is 5.82 Å². The van der Waals surface area contributed by atoms with Gasteiger partial charge in [-0.1, -0.05) is 11.6 Å². The predicted octanol–water partition coefficient (Wildman–Crippen LogP) is 3.54. The van der Waals surface area contributed by atoms with Gasteiger partial charge in [0, 0.05) is 30.7 Å². The summed E-state index contributed by atoms with van der Waals surface area (Å²) in [7, 11) is -2.03. The predicted molar refractivity (Wildman–Crippen MR) is 102 cm³/mol. The number of carbonyl (C=O) groups is 1. The summed E-state index contributed by atoms with van der Waals surface area (Å²) in [5.41, 5.74) is 0.172. The molecule has 2 aromatic rings. The Morgan fingerprint density at radius 3 is 2.52 bits per heavy atom. The standard InChI is InChI=1S/C18H17ClFN3O3S/c1-23-10-2-3-17(23)22-27(25,26)14-7-5-13(6-8-14)21-18(24)15-9-4-12(19)11-16(15)20/h4-9,11H,2-3,10H2,1H3,(H,21,24). The first-order chi connectivity index (χ1) is 12.8. The first kappa shape index (κ1) is 19.3. The second-order valence-corrected chi connectivity index (χ2v) is 8.15. The van der Waals surface area contributed by atoms with Crippen LogP contribution in [-0.2, 0) is 10.0 Å². The zero-order valence-corrected chi connectivity index (χ0v) is 16.0. The lowest BCUT2D eigenvalue weighted by atomic mass is 10.2. The SMILES string of the molecule is CN1CCCC1=NS(=O)(=O)c1ccc(NC(=O)c2ccc(Cl)cc2F)cc1. The van der Waals surface area contributed by atoms with Crippen LogP contribution < -0.4 is 5.32 Å². The quantitative estimate of drug-likeness (QED) is 0.837. The van der Waals surface area contributed by atoms with E-state index in [1.54, 1.807) is 7.05 Å². The maximum Gasteiger partial charge on any atom is 0.283 e. The number of halogens is 2. The van der Waals surface area contributed by atoms with Gasteiger partial charge in [-0.15, -0.1) is 4.40 Å². The summed E-state index contributed by atoms with van der Waals surface area (Å²) >= 11 is 5.67. The van der Waals surface area contributed by atoms with Gasteiger partial charge in [0.15, 0.2) is 0 Å². The number of benzene rings is 2. The Morgan fingerprint density at radius 2 is 1.93 bits per heavy atom. The van der Waals surface area contributed by atoms with Gasteiger partial charge in [0.05, 0.1) is 10.5 Å². The van der Waals surface area contributed by atoms with Gasteiger partial charge in [-0.25, -0.2) is 4.39 Å². The second kappa shape index (κ2) is 7.66. The van der Waals surface area contributed by atoms with Gasteiger partial charge in [-0.05, 0) is 48.9 Å². The molecule has 3 rings (SSSR count). The van der Waals surface area contributed by atoms with E-state index in [0.717, 1.165) is 19.0 Å². The molecule has 0 spiro atoms. The van der Waals surface area contributed by atoms with Crippen LogP contribution in [0.3, 0.4) is 0 Å². The van der Waals surface area contributed by atoms with Crippen molar-refractivity contribution in [3.8, 4) is 0 Å². The highest BCUT2D eigenvalue weighted by atomic mass is 35.5. The smallest absolute Gasteiger partial charge is 0.283 e. The van der Waals surface area contributed by atoms with Crippen molar-refractivity contribution in [2.24, 2.45) is 4.40 Å². The topological polar surface area (TPSA) is 78.8 Å². The number of likely N-dealkylation sites (tertiary alicyclic amines) is 1. The molecule has 0 saturated carbocycles. The van der Waals surface area contributed by atoms with Gasteiger partial charge < -0.3 is 10.2 Å². The van der Waals surface area contributed by atoms with E-state index in [1.807, 2.05) is 4.90 Å². The molecule has 142 valence electrons. The minimum atomic E-state index is -3.83. The third-order valence-electron chi connectivity index (χ3n) is 4.15. The van der Waals surface area contributed by atoms with Crippen LogP contribution in [0.25, 0.3) is 0 Å². The molecule has 27 heavy (non-hydrogen) atoms. The van der Waals surface area contributed by atoms with E-state index in [1.165, 1.54) is 36.4 Å². The first-order valence-electron chi connectivity index (χ1n) is 8.18. The molecule has 2 aromatic carbocycles. The summed E-state index contributed by atoms with van der Waals surface area (Å²) in [5, 5.41) is 2.70. The number of carbonyl (C=O) groups excluding carboxylic acids is 1. The largest absolute Gasteiger partial charge is 0.362 e. The Labute approximate surface area is 161 Å². The third-order valence-corrected chi connectivity index (χ3v) is 5.70. The minimum Gasteiger partial charge on any atom is -0.362 e. The van der Waals surface area contributed by atoms with E-state index in [2.05, 4.69) is 9.71 Å². The van der Waals surface area contributed by atoms with Gasteiger partial charge in [-0.2, -0.15) is 8.42 Å². The minimum absolute atomic E-state index is 0.0194. The van der Waals surface area contributed by atoms with Crippen molar-refractivity contribution in [1.82, 2.24) is 4.90 Å². The maximum atomic E-state index is 13.8. The van der Waals surface area contributed by atoms with Crippen molar-refractivity contribution < 1.29 is 17.6 Å². The molecule has 0 aromatic heterocycles. The molecule has 6 nitrogen and oxygen atoms in total. The number of nitrogens with one attached hydrogen (secondary N) is 1. The summed E-state index contributed by atoms with van der Waals surface area (Å²) in [6.45, 7) is 0.778. The molecule has 1 aliphatic heterocycles. The highest BCUT2D eigenvalue weighted by molar-refractivity contribution is 7.90. The Bertz CT molecular complexity index is 1010. The zero-order valence-electron chi connectivity index (χ0n) is 14.4. The lowest BCUT2D eigenvalue weighted by Gasteiger charge is -2.11. The highest BCUT2D eigenvalue weighted by Gasteiger charge is 2.20. The Morgan fingerprint density at radius 1 is 1.22 bits per heavy atom. The van der Waals surface area contributed by atoms with Crippen molar-refractivity contribution >= 4 is 39.1 Å². The molecule has 0 bridgehead atoms. The van der Waals surface area contributed by atoms with Crippen LogP contribution in [0.5, 0.6) is 0 Å². The average Bonchev–Trinajstić information content (AvgIpc) is 2.99. The normalized spacial score (nSPS) is 16.0. The van der Waals surface area contributed by atoms with Crippen LogP contribution in [0.15, 0.2) is 51.8 Å². The third kappa shape index (κ3) is 4.45. The van der Waals surface area contributed by atoms with Crippen LogP contribution in [0.2, 0.25) is 5.02 Å². The summed E-state index contributed by atoms with van der Waals surface area (Å²) in [5.74, 6) is -0.867. The summed E-state index contributed by atoms with van der Waals surface area (Å²) < 4.78 is 42.5. The van der Waals surface area contributed by atoms with E-state index in [9.17, 15) is 17.6 Å². The number of sulfonamides is 1. The molecular weight excluding hydrogens is 393 g/mol. The number of amidine groups is 1. The van der Waals surface area contributed by atoms with Crippen molar-refractivity contribution in [2.75, 3.05) is 18.9 Å². The molecule has 0 unspecified atom stereocenters. The molecule has 1 saturated heterocycles. The second-order valence-electron chi connectivity index (χ2n) is 6.11. The zero-order chi connectivity index (χ0) is 19.6. The van der Waals surface area contributed by atoms with Crippen LogP contribution >= 0.6 is 11.6 Å². The molecule has 0 atom stereocenters. The molecule has 0 aliphatic carbocycles. The van der Waals surface area contributed by atoms with Crippen molar-refractivity contribution in [2.45, 2.75) is 17.7 Å². The van der Waals surface area contributed by atoms with E-state index in [-0.39, 0.29) is 15.5 Å². The van der Waals surface area contributed by atoms with Crippen LogP contribution in [0.1, 0.15) is 23.2 Å². The van der Waals surface area contributed by atoms with Gasteiger partial charge in [0.2, 0.25) is 0 Å². The molecule has 1 N–H and O–H groups in total. The number of nitrogens with zero attached hydrogens (tertiary/aromatic N) is 2. The summed E-state index contributed by atoms with van der Waals surface area (Å²) in [6.07, 6.45) is 1.49. The lowest BCUT2D eigenvalue weighted by molar-refractivity contribution is 0.102. The number of hydrogen-bond donors (Lipinski definition) is 1. The molecular formula is C18H17ClFN3O3S. The monoisotopic (exact) mass is 409 g/mol. The van der Waals surface area contributed by atoms with E-state index in [4.69, 9.17) is 11.6 Å². The van der Waals surface area contributed by atoms with Crippen LogP contribution in [0.4, 0.5) is 10.1 Å². The Balaban J connectivity index is 1.76. The van der Waals surface area contributed by atoms with Crippen molar-refractivity contribution in [1.29, 1.82) is 0 Å². The van der Waals surface area contributed by atoms with E-state index in [0.29, 0.717) is 17.9 Å². The molecule has 1 heterocycles. The average molecular weight is 410 g/mol. The Kier molecular flexibility index (Phi) is 5.48. The van der Waals surface area contributed by atoms with Gasteiger partial charge in [-0.3, -0.25) is 4.79 Å².